The predicted octanol–water partition coefficient (Wildman–Crippen LogP) is 3.73. The highest BCUT2D eigenvalue weighted by Crippen LogP contribution is 2.27. The van der Waals surface area contributed by atoms with E-state index in [9.17, 15) is 0 Å². The molecule has 0 amide bonds. The number of rotatable bonds is 5. The van der Waals surface area contributed by atoms with Gasteiger partial charge in [-0.05, 0) is 69.5 Å². The first-order valence-electron chi connectivity index (χ1n) is 9.38. The van der Waals surface area contributed by atoms with Crippen LogP contribution in [0.1, 0.15) is 50.5 Å². The third kappa shape index (κ3) is 5.88. The summed E-state index contributed by atoms with van der Waals surface area (Å²) in [6, 6.07) is 10.2. The zero-order valence-corrected chi connectivity index (χ0v) is 15.7. The number of halogens is 1. The summed E-state index contributed by atoms with van der Waals surface area (Å²) < 4.78 is 6.07. The quantitative estimate of drug-likeness (QED) is 0.865. The van der Waals surface area contributed by atoms with Crippen molar-refractivity contribution in [1.29, 1.82) is 5.26 Å². The van der Waals surface area contributed by atoms with Crippen LogP contribution in [0.3, 0.4) is 0 Å². The Balaban J connectivity index is 0.00000225. The molecule has 0 unspecified atom stereocenters. The van der Waals surface area contributed by atoms with Gasteiger partial charge in [-0.3, -0.25) is 0 Å². The SMILES string of the molecule is Cl.N#Cc1ccccc1OC1CCN(CCC2CCC(N)CC2)CC1. The number of nitriles is 1. The largest absolute Gasteiger partial charge is 0.489 e. The Kier molecular flexibility index (Phi) is 8.02. The molecule has 138 valence electrons. The molecule has 1 aliphatic carbocycles. The van der Waals surface area contributed by atoms with Crippen molar-refractivity contribution < 1.29 is 4.74 Å². The van der Waals surface area contributed by atoms with E-state index in [1.807, 2.05) is 24.3 Å². The van der Waals surface area contributed by atoms with Crippen molar-refractivity contribution in [3.63, 3.8) is 0 Å². The number of para-hydroxylation sites is 1. The summed E-state index contributed by atoms with van der Waals surface area (Å²) in [4.78, 5) is 2.57. The summed E-state index contributed by atoms with van der Waals surface area (Å²) in [5.41, 5.74) is 6.63. The molecule has 0 atom stereocenters. The van der Waals surface area contributed by atoms with Gasteiger partial charge in [0.15, 0.2) is 0 Å². The van der Waals surface area contributed by atoms with Crippen LogP contribution in [0.4, 0.5) is 0 Å². The number of piperidine rings is 1. The third-order valence-corrected chi connectivity index (χ3v) is 5.58. The van der Waals surface area contributed by atoms with Gasteiger partial charge in [-0.1, -0.05) is 12.1 Å². The normalized spacial score (nSPS) is 25.0. The molecule has 5 heteroatoms. The van der Waals surface area contributed by atoms with Crippen LogP contribution in [0.25, 0.3) is 0 Å². The van der Waals surface area contributed by atoms with Gasteiger partial charge in [0, 0.05) is 19.1 Å². The molecule has 0 spiro atoms. The Morgan fingerprint density at radius 1 is 1.08 bits per heavy atom. The van der Waals surface area contributed by atoms with Gasteiger partial charge in [0.1, 0.15) is 17.9 Å². The molecule has 0 aromatic heterocycles. The lowest BCUT2D eigenvalue weighted by Gasteiger charge is -2.34. The smallest absolute Gasteiger partial charge is 0.137 e. The second-order valence-corrected chi connectivity index (χ2v) is 7.34. The average molecular weight is 364 g/mol. The topological polar surface area (TPSA) is 62.3 Å². The summed E-state index contributed by atoms with van der Waals surface area (Å²) in [5, 5.41) is 9.15. The summed E-state index contributed by atoms with van der Waals surface area (Å²) in [5.74, 6) is 1.61. The first kappa shape index (κ1) is 20.0. The van der Waals surface area contributed by atoms with Crippen molar-refractivity contribution in [2.75, 3.05) is 19.6 Å². The van der Waals surface area contributed by atoms with Gasteiger partial charge in [0.25, 0.3) is 0 Å². The van der Waals surface area contributed by atoms with Crippen LogP contribution in [0.5, 0.6) is 5.75 Å². The summed E-state index contributed by atoms with van der Waals surface area (Å²) in [6.45, 7) is 3.42. The lowest BCUT2D eigenvalue weighted by molar-refractivity contribution is 0.0950. The lowest BCUT2D eigenvalue weighted by atomic mass is 9.84. The molecule has 1 saturated heterocycles. The fourth-order valence-corrected chi connectivity index (χ4v) is 3.93. The molecule has 4 nitrogen and oxygen atoms in total. The Hall–Kier alpha value is -1.28. The molecule has 2 aliphatic rings. The minimum absolute atomic E-state index is 0. The van der Waals surface area contributed by atoms with Crippen molar-refractivity contribution in [3.05, 3.63) is 29.8 Å². The van der Waals surface area contributed by atoms with E-state index in [4.69, 9.17) is 15.7 Å². The summed E-state index contributed by atoms with van der Waals surface area (Å²) >= 11 is 0. The van der Waals surface area contributed by atoms with Gasteiger partial charge in [0.2, 0.25) is 0 Å². The lowest BCUT2D eigenvalue weighted by Crippen LogP contribution is -2.39. The molecule has 0 bridgehead atoms. The van der Waals surface area contributed by atoms with Crippen molar-refractivity contribution in [2.45, 2.75) is 57.1 Å². The number of benzene rings is 1. The Labute approximate surface area is 157 Å². The van der Waals surface area contributed by atoms with E-state index in [0.29, 0.717) is 11.6 Å². The fraction of sp³-hybridized carbons (Fsp3) is 0.650. The van der Waals surface area contributed by atoms with Crippen LogP contribution in [0.2, 0.25) is 0 Å². The van der Waals surface area contributed by atoms with E-state index in [2.05, 4.69) is 11.0 Å². The first-order valence-corrected chi connectivity index (χ1v) is 9.38. The minimum Gasteiger partial charge on any atom is -0.489 e. The minimum atomic E-state index is 0. The van der Waals surface area contributed by atoms with Crippen LogP contribution in [0, 0.1) is 17.2 Å². The molecule has 1 heterocycles. The predicted molar refractivity (Wildman–Crippen MR) is 103 cm³/mol. The molecule has 2 fully saturated rings. The van der Waals surface area contributed by atoms with Crippen molar-refractivity contribution in [1.82, 2.24) is 4.90 Å². The number of likely N-dealkylation sites (tertiary alicyclic amines) is 1. The zero-order valence-electron chi connectivity index (χ0n) is 14.9. The van der Waals surface area contributed by atoms with Crippen LogP contribution < -0.4 is 10.5 Å². The van der Waals surface area contributed by atoms with E-state index < -0.39 is 0 Å². The van der Waals surface area contributed by atoms with Crippen LogP contribution in [-0.2, 0) is 0 Å². The Morgan fingerprint density at radius 2 is 1.76 bits per heavy atom. The summed E-state index contributed by atoms with van der Waals surface area (Å²) in [6.07, 6.45) is 8.69. The molecule has 1 saturated carbocycles. The molecule has 0 radical (unpaired) electrons. The molecule has 2 N–H and O–H groups in total. The number of ether oxygens (including phenoxy) is 1. The standard InChI is InChI=1S/C20H29N3O.ClH/c21-15-17-3-1-2-4-20(17)24-19-10-13-23(14-11-19)12-9-16-5-7-18(22)8-6-16;/h1-4,16,18-19H,5-14,22H2;1H. The fourth-order valence-electron chi connectivity index (χ4n) is 3.93. The van der Waals surface area contributed by atoms with Crippen molar-refractivity contribution >= 4 is 12.4 Å². The van der Waals surface area contributed by atoms with E-state index >= 15 is 0 Å². The highest BCUT2D eigenvalue weighted by Gasteiger charge is 2.23. The summed E-state index contributed by atoms with van der Waals surface area (Å²) in [7, 11) is 0. The van der Waals surface area contributed by atoms with Crippen LogP contribution in [0.15, 0.2) is 24.3 Å². The Bertz CT molecular complexity index is 558. The maximum Gasteiger partial charge on any atom is 0.137 e. The molecular formula is C20H30ClN3O. The number of nitrogens with two attached hydrogens (primary N) is 1. The molecule has 1 aliphatic heterocycles. The zero-order chi connectivity index (χ0) is 16.8. The van der Waals surface area contributed by atoms with E-state index in [1.54, 1.807) is 0 Å². The maximum absolute atomic E-state index is 9.15. The van der Waals surface area contributed by atoms with Gasteiger partial charge >= 0.3 is 0 Å². The van der Waals surface area contributed by atoms with E-state index in [1.165, 1.54) is 38.6 Å². The monoisotopic (exact) mass is 363 g/mol. The van der Waals surface area contributed by atoms with Crippen molar-refractivity contribution in [2.24, 2.45) is 11.7 Å². The highest BCUT2D eigenvalue weighted by atomic mass is 35.5. The van der Waals surface area contributed by atoms with E-state index in [0.717, 1.165) is 37.6 Å². The molecule has 25 heavy (non-hydrogen) atoms. The van der Waals surface area contributed by atoms with Crippen LogP contribution in [-0.4, -0.2) is 36.7 Å². The number of nitrogens with zero attached hydrogens (tertiary/aromatic N) is 2. The Morgan fingerprint density at radius 3 is 2.44 bits per heavy atom. The maximum atomic E-state index is 9.15. The second-order valence-electron chi connectivity index (χ2n) is 7.34. The first-order chi connectivity index (χ1) is 11.7. The highest BCUT2D eigenvalue weighted by molar-refractivity contribution is 5.85. The van der Waals surface area contributed by atoms with Crippen molar-refractivity contribution in [3.8, 4) is 11.8 Å². The molecule has 1 aromatic rings. The van der Waals surface area contributed by atoms with Gasteiger partial charge in [-0.2, -0.15) is 5.26 Å². The number of hydrogen-bond acceptors (Lipinski definition) is 4. The third-order valence-electron chi connectivity index (χ3n) is 5.58. The number of hydrogen-bond donors (Lipinski definition) is 1. The van der Waals surface area contributed by atoms with Crippen LogP contribution >= 0.6 is 12.4 Å². The van der Waals surface area contributed by atoms with Gasteiger partial charge < -0.3 is 15.4 Å². The second kappa shape index (κ2) is 10.0. The van der Waals surface area contributed by atoms with Gasteiger partial charge in [-0.15, -0.1) is 12.4 Å². The van der Waals surface area contributed by atoms with E-state index in [-0.39, 0.29) is 18.5 Å². The molecule has 1 aromatic carbocycles. The molecular weight excluding hydrogens is 334 g/mol. The average Bonchev–Trinajstić information content (AvgIpc) is 2.63. The molecule has 3 rings (SSSR count). The van der Waals surface area contributed by atoms with Gasteiger partial charge in [-0.25, -0.2) is 0 Å². The van der Waals surface area contributed by atoms with Gasteiger partial charge in [0.05, 0.1) is 5.56 Å².